The van der Waals surface area contributed by atoms with Gasteiger partial charge in [-0.15, -0.1) is 10.2 Å². The van der Waals surface area contributed by atoms with Crippen LogP contribution in [0.15, 0.2) is 36.4 Å². The molecule has 0 aliphatic heterocycles. The van der Waals surface area contributed by atoms with E-state index in [0.717, 1.165) is 55.8 Å². The smallest absolute Gasteiger partial charge is 0.344 e. The Bertz CT molecular complexity index is 1370. The van der Waals surface area contributed by atoms with E-state index in [0.29, 0.717) is 23.7 Å². The molecule has 0 atom stereocenters. The molecule has 4 aromatic rings. The van der Waals surface area contributed by atoms with Gasteiger partial charge in [0.25, 0.3) is 0 Å². The topological polar surface area (TPSA) is 90.0 Å². The molecule has 0 amide bonds. The van der Waals surface area contributed by atoms with Gasteiger partial charge in [-0.1, -0.05) is 30.3 Å². The molecule has 0 spiro atoms. The number of rotatable bonds is 6. The van der Waals surface area contributed by atoms with Crippen molar-refractivity contribution in [3.8, 4) is 22.9 Å². The Kier molecular flexibility index (Phi) is 6.69. The van der Waals surface area contributed by atoms with Gasteiger partial charge in [0.2, 0.25) is 5.82 Å². The normalized spacial score (nSPS) is 10.9. The Hall–Kier alpha value is -4.00. The second kappa shape index (κ2) is 9.70. The third-order valence-electron chi connectivity index (χ3n) is 6.81. The van der Waals surface area contributed by atoms with Gasteiger partial charge < -0.3 is 9.47 Å². The SMILES string of the molecule is Cc1cc(OCc2ccccc2)c(C)c(C)c1C(=O)Oc1c(C)c(C)c(-c2nn[nH]n2)c(C)c1C. The lowest BCUT2D eigenvalue weighted by Gasteiger charge is -2.20. The standard InChI is InChI=1S/C28H30N4O3/c1-15-13-23(34-14-22-11-9-8-10-12-22)16(2)17(3)24(15)28(33)35-26-20(6)18(4)25(19(5)21(26)7)27-29-31-32-30-27/h8-13H,14H2,1-7H3,(H,29,30,31,32). The first-order valence-electron chi connectivity index (χ1n) is 11.5. The van der Waals surface area contributed by atoms with Crippen LogP contribution in [0.4, 0.5) is 0 Å². The molecule has 35 heavy (non-hydrogen) atoms. The Morgan fingerprint density at radius 1 is 0.857 bits per heavy atom. The number of nitrogens with zero attached hydrogens (tertiary/aromatic N) is 3. The highest BCUT2D eigenvalue weighted by Crippen LogP contribution is 2.38. The third-order valence-corrected chi connectivity index (χ3v) is 6.81. The molecule has 0 fully saturated rings. The number of ether oxygens (including phenoxy) is 2. The van der Waals surface area contributed by atoms with Crippen molar-refractivity contribution in [1.82, 2.24) is 20.6 Å². The van der Waals surface area contributed by atoms with Gasteiger partial charge in [0.1, 0.15) is 18.1 Å². The molecule has 0 saturated heterocycles. The van der Waals surface area contributed by atoms with E-state index in [1.165, 1.54) is 0 Å². The summed E-state index contributed by atoms with van der Waals surface area (Å²) in [4.78, 5) is 13.4. The summed E-state index contributed by atoms with van der Waals surface area (Å²) in [5.74, 6) is 1.48. The van der Waals surface area contributed by atoms with Gasteiger partial charge in [0.15, 0.2) is 0 Å². The summed E-state index contributed by atoms with van der Waals surface area (Å²) >= 11 is 0. The van der Waals surface area contributed by atoms with Crippen LogP contribution in [-0.2, 0) is 6.61 Å². The van der Waals surface area contributed by atoms with Crippen molar-refractivity contribution in [3.05, 3.63) is 86.5 Å². The summed E-state index contributed by atoms with van der Waals surface area (Å²) in [6.07, 6.45) is 0. The highest BCUT2D eigenvalue weighted by Gasteiger charge is 2.24. The number of tetrazole rings is 1. The fraction of sp³-hybridized carbons (Fsp3) is 0.286. The number of benzene rings is 3. The quantitative estimate of drug-likeness (QED) is 0.282. The van der Waals surface area contributed by atoms with Gasteiger partial charge in [-0.05, 0) is 104 Å². The molecule has 1 N–H and O–H groups in total. The predicted octanol–water partition coefficient (Wildman–Crippen LogP) is 5.82. The van der Waals surface area contributed by atoms with E-state index < -0.39 is 0 Å². The molecular formula is C28H30N4O3. The summed E-state index contributed by atoms with van der Waals surface area (Å²) in [5, 5.41) is 14.5. The van der Waals surface area contributed by atoms with Crippen molar-refractivity contribution in [1.29, 1.82) is 0 Å². The Morgan fingerprint density at radius 3 is 2.11 bits per heavy atom. The zero-order valence-corrected chi connectivity index (χ0v) is 21.2. The van der Waals surface area contributed by atoms with Crippen molar-refractivity contribution in [2.24, 2.45) is 0 Å². The van der Waals surface area contributed by atoms with Crippen LogP contribution in [-0.4, -0.2) is 26.6 Å². The summed E-state index contributed by atoms with van der Waals surface area (Å²) < 4.78 is 12.1. The number of aromatic amines is 1. The average Bonchev–Trinajstić information content (AvgIpc) is 3.37. The van der Waals surface area contributed by atoms with Crippen LogP contribution in [0.3, 0.4) is 0 Å². The maximum Gasteiger partial charge on any atom is 0.344 e. The number of esters is 1. The molecular weight excluding hydrogens is 440 g/mol. The second-order valence-corrected chi connectivity index (χ2v) is 8.92. The fourth-order valence-corrected chi connectivity index (χ4v) is 4.42. The third kappa shape index (κ3) is 4.54. The number of aryl methyl sites for hydroxylation is 1. The predicted molar refractivity (Wildman–Crippen MR) is 135 cm³/mol. The average molecular weight is 471 g/mol. The number of carbonyl (C=O) groups is 1. The van der Waals surface area contributed by atoms with Crippen LogP contribution >= 0.6 is 0 Å². The van der Waals surface area contributed by atoms with Gasteiger partial charge in [-0.2, -0.15) is 5.21 Å². The van der Waals surface area contributed by atoms with Crippen LogP contribution in [0.1, 0.15) is 54.9 Å². The monoisotopic (exact) mass is 470 g/mol. The summed E-state index contributed by atoms with van der Waals surface area (Å²) in [6, 6.07) is 11.9. The number of nitrogens with one attached hydrogen (secondary N) is 1. The van der Waals surface area contributed by atoms with E-state index in [4.69, 9.17) is 9.47 Å². The molecule has 0 saturated carbocycles. The zero-order chi connectivity index (χ0) is 25.3. The molecule has 4 rings (SSSR count). The van der Waals surface area contributed by atoms with Crippen molar-refractivity contribution in [2.75, 3.05) is 0 Å². The molecule has 1 heterocycles. The van der Waals surface area contributed by atoms with Crippen LogP contribution in [0.2, 0.25) is 0 Å². The van der Waals surface area contributed by atoms with E-state index in [1.807, 2.05) is 84.9 Å². The highest BCUT2D eigenvalue weighted by molar-refractivity contribution is 5.95. The second-order valence-electron chi connectivity index (χ2n) is 8.92. The van der Waals surface area contributed by atoms with Gasteiger partial charge >= 0.3 is 5.97 Å². The molecule has 0 aliphatic carbocycles. The number of H-pyrrole nitrogens is 1. The fourth-order valence-electron chi connectivity index (χ4n) is 4.42. The first kappa shape index (κ1) is 24.1. The molecule has 0 unspecified atom stereocenters. The highest BCUT2D eigenvalue weighted by atomic mass is 16.5. The summed E-state index contributed by atoms with van der Waals surface area (Å²) in [5.41, 5.74) is 8.78. The van der Waals surface area contributed by atoms with Crippen molar-refractivity contribution in [2.45, 2.75) is 55.1 Å². The number of hydrogen-bond donors (Lipinski definition) is 1. The summed E-state index contributed by atoms with van der Waals surface area (Å²) in [6.45, 7) is 14.1. The maximum absolute atomic E-state index is 13.4. The van der Waals surface area contributed by atoms with Crippen molar-refractivity contribution < 1.29 is 14.3 Å². The van der Waals surface area contributed by atoms with E-state index in [2.05, 4.69) is 20.6 Å². The molecule has 0 radical (unpaired) electrons. The maximum atomic E-state index is 13.4. The molecule has 7 nitrogen and oxygen atoms in total. The molecule has 3 aromatic carbocycles. The minimum absolute atomic E-state index is 0.380. The van der Waals surface area contributed by atoms with E-state index in [-0.39, 0.29) is 5.97 Å². The van der Waals surface area contributed by atoms with Crippen molar-refractivity contribution in [3.63, 3.8) is 0 Å². The zero-order valence-electron chi connectivity index (χ0n) is 21.2. The van der Waals surface area contributed by atoms with Gasteiger partial charge in [0, 0.05) is 5.56 Å². The van der Waals surface area contributed by atoms with Crippen LogP contribution in [0, 0.1) is 48.5 Å². The first-order chi connectivity index (χ1) is 16.7. The minimum Gasteiger partial charge on any atom is -0.489 e. The first-order valence-corrected chi connectivity index (χ1v) is 11.5. The Morgan fingerprint density at radius 2 is 1.51 bits per heavy atom. The molecule has 0 aliphatic rings. The van der Waals surface area contributed by atoms with E-state index in [9.17, 15) is 4.79 Å². The number of hydrogen-bond acceptors (Lipinski definition) is 6. The molecule has 1 aromatic heterocycles. The van der Waals surface area contributed by atoms with Crippen LogP contribution < -0.4 is 9.47 Å². The van der Waals surface area contributed by atoms with E-state index >= 15 is 0 Å². The van der Waals surface area contributed by atoms with Gasteiger partial charge in [-0.25, -0.2) is 4.79 Å². The van der Waals surface area contributed by atoms with Crippen LogP contribution in [0.25, 0.3) is 11.4 Å². The number of carbonyl (C=O) groups excluding carboxylic acids is 1. The lowest BCUT2D eigenvalue weighted by molar-refractivity contribution is 0.0730. The number of aromatic nitrogens is 4. The van der Waals surface area contributed by atoms with Gasteiger partial charge in [-0.3, -0.25) is 0 Å². The lowest BCUT2D eigenvalue weighted by atomic mass is 9.92. The summed E-state index contributed by atoms with van der Waals surface area (Å²) in [7, 11) is 0. The Labute approximate surface area is 205 Å². The van der Waals surface area contributed by atoms with Crippen molar-refractivity contribution >= 4 is 5.97 Å². The minimum atomic E-state index is -0.380. The lowest BCUT2D eigenvalue weighted by Crippen LogP contribution is -2.16. The molecule has 180 valence electrons. The van der Waals surface area contributed by atoms with Gasteiger partial charge in [0.05, 0.1) is 5.56 Å². The Balaban J connectivity index is 1.65. The molecule has 7 heteroatoms. The van der Waals surface area contributed by atoms with Crippen LogP contribution in [0.5, 0.6) is 11.5 Å². The largest absolute Gasteiger partial charge is 0.489 e. The van der Waals surface area contributed by atoms with E-state index in [1.54, 1.807) is 0 Å². The molecule has 0 bridgehead atoms.